The Morgan fingerprint density at radius 2 is 2.11 bits per heavy atom. The largest absolute Gasteiger partial charge is 0.324 e. The molecule has 2 fully saturated rings. The molecule has 2 aliphatic heterocycles. The number of fused-ring (bicyclic) bond motifs is 1. The zero-order valence-corrected chi connectivity index (χ0v) is 10.4. The van der Waals surface area contributed by atoms with Gasteiger partial charge in [0.1, 0.15) is 6.04 Å². The van der Waals surface area contributed by atoms with E-state index in [9.17, 15) is 14.4 Å². The highest BCUT2D eigenvalue weighted by Crippen LogP contribution is 2.23. The van der Waals surface area contributed by atoms with Gasteiger partial charge in [0.2, 0.25) is 5.91 Å². The van der Waals surface area contributed by atoms with E-state index in [-0.39, 0.29) is 12.3 Å². The van der Waals surface area contributed by atoms with Gasteiger partial charge in [-0.3, -0.25) is 19.6 Å². The Labute approximate surface area is 109 Å². The molecule has 0 radical (unpaired) electrons. The van der Waals surface area contributed by atoms with Crippen molar-refractivity contribution in [3.05, 3.63) is 12.4 Å². The maximum Gasteiger partial charge on any atom is 0.324 e. The second kappa shape index (κ2) is 4.08. The number of anilines is 1. The molecule has 0 bridgehead atoms. The molecular weight excluding hydrogens is 250 g/mol. The summed E-state index contributed by atoms with van der Waals surface area (Å²) in [6.45, 7) is 0.813. The van der Waals surface area contributed by atoms with Gasteiger partial charge >= 0.3 is 6.03 Å². The molecule has 0 aromatic carbocycles. The Morgan fingerprint density at radius 1 is 1.32 bits per heavy atom. The molecule has 1 aromatic heterocycles. The molecule has 1 unspecified atom stereocenters. The van der Waals surface area contributed by atoms with Crippen LogP contribution in [0.2, 0.25) is 0 Å². The molecule has 4 amide bonds. The van der Waals surface area contributed by atoms with Crippen LogP contribution in [0, 0.1) is 0 Å². The standard InChI is InChI=1S/C11H13N5O3/c1-14-6-7(5-12-14)15-2-3-16-8(10(15)18)4-9(17)13-11(16)19/h5-6,8H,2-4H2,1H3,(H,13,17,19). The lowest BCUT2D eigenvalue weighted by molar-refractivity contribution is -0.132. The molecule has 1 atom stereocenters. The van der Waals surface area contributed by atoms with Crippen LogP contribution in [-0.4, -0.2) is 51.7 Å². The Kier molecular flexibility index (Phi) is 2.51. The number of carbonyl (C=O) groups excluding carboxylic acids is 3. The SMILES string of the molecule is Cn1cc(N2CCN3C(=O)NC(=O)CC3C2=O)cn1. The Morgan fingerprint density at radius 3 is 2.79 bits per heavy atom. The van der Waals surface area contributed by atoms with Gasteiger partial charge in [0, 0.05) is 26.3 Å². The summed E-state index contributed by atoms with van der Waals surface area (Å²) in [4.78, 5) is 38.4. The Bertz CT molecular complexity index is 566. The molecule has 8 nitrogen and oxygen atoms in total. The first kappa shape index (κ1) is 11.7. The highest BCUT2D eigenvalue weighted by molar-refractivity contribution is 6.07. The maximum atomic E-state index is 12.4. The number of carbonyl (C=O) groups is 3. The highest BCUT2D eigenvalue weighted by atomic mass is 16.2. The second-order valence-electron chi connectivity index (χ2n) is 4.63. The first-order valence-corrected chi connectivity index (χ1v) is 5.97. The number of aryl methyl sites for hydroxylation is 1. The molecule has 8 heteroatoms. The van der Waals surface area contributed by atoms with Crippen molar-refractivity contribution in [1.29, 1.82) is 0 Å². The van der Waals surface area contributed by atoms with Gasteiger partial charge in [-0.15, -0.1) is 0 Å². The van der Waals surface area contributed by atoms with Crippen molar-refractivity contribution >= 4 is 23.5 Å². The van der Waals surface area contributed by atoms with Gasteiger partial charge in [-0.1, -0.05) is 0 Å². The fraction of sp³-hybridized carbons (Fsp3) is 0.455. The molecule has 3 heterocycles. The van der Waals surface area contributed by atoms with Crippen LogP contribution in [0.3, 0.4) is 0 Å². The smallest absolute Gasteiger partial charge is 0.310 e. The summed E-state index contributed by atoms with van der Waals surface area (Å²) in [6, 6.07) is -1.18. The second-order valence-corrected chi connectivity index (χ2v) is 4.63. The van der Waals surface area contributed by atoms with E-state index < -0.39 is 18.0 Å². The van der Waals surface area contributed by atoms with E-state index in [4.69, 9.17) is 0 Å². The molecule has 100 valence electrons. The summed E-state index contributed by atoms with van der Waals surface area (Å²) in [5.74, 6) is -0.643. The summed E-state index contributed by atoms with van der Waals surface area (Å²) in [5, 5.41) is 6.24. The molecular formula is C11H13N5O3. The minimum Gasteiger partial charge on any atom is -0.310 e. The van der Waals surface area contributed by atoms with Crippen molar-refractivity contribution in [2.75, 3.05) is 18.0 Å². The molecule has 3 rings (SSSR count). The van der Waals surface area contributed by atoms with Crippen LogP contribution >= 0.6 is 0 Å². The molecule has 2 aliphatic rings. The first-order valence-electron chi connectivity index (χ1n) is 5.97. The first-order chi connectivity index (χ1) is 9.06. The number of imide groups is 1. The predicted octanol–water partition coefficient (Wildman–Crippen LogP) is -0.923. The fourth-order valence-electron chi connectivity index (χ4n) is 2.45. The van der Waals surface area contributed by atoms with Gasteiger partial charge in [0.05, 0.1) is 18.3 Å². The van der Waals surface area contributed by atoms with Crippen LogP contribution in [0.4, 0.5) is 10.5 Å². The minimum atomic E-state index is -0.699. The van der Waals surface area contributed by atoms with Gasteiger partial charge in [-0.05, 0) is 0 Å². The lowest BCUT2D eigenvalue weighted by Crippen LogP contribution is -2.65. The lowest BCUT2D eigenvalue weighted by Gasteiger charge is -2.41. The Hall–Kier alpha value is -2.38. The number of aromatic nitrogens is 2. The molecule has 0 saturated carbocycles. The van der Waals surface area contributed by atoms with Crippen molar-refractivity contribution in [3.63, 3.8) is 0 Å². The van der Waals surface area contributed by atoms with Crippen LogP contribution in [-0.2, 0) is 16.6 Å². The van der Waals surface area contributed by atoms with Gasteiger partial charge in [0.15, 0.2) is 0 Å². The summed E-state index contributed by atoms with van der Waals surface area (Å²) >= 11 is 0. The number of amides is 4. The number of nitrogens with zero attached hydrogens (tertiary/aromatic N) is 4. The lowest BCUT2D eigenvalue weighted by atomic mass is 10.0. The monoisotopic (exact) mass is 263 g/mol. The number of nitrogens with one attached hydrogen (secondary N) is 1. The normalized spacial score (nSPS) is 23.4. The Balaban J connectivity index is 1.87. The van der Waals surface area contributed by atoms with Crippen molar-refractivity contribution in [1.82, 2.24) is 20.0 Å². The van der Waals surface area contributed by atoms with Crippen molar-refractivity contribution in [3.8, 4) is 0 Å². The molecule has 19 heavy (non-hydrogen) atoms. The van der Waals surface area contributed by atoms with Gasteiger partial charge in [0.25, 0.3) is 5.91 Å². The number of hydrogen-bond donors (Lipinski definition) is 1. The average Bonchev–Trinajstić information content (AvgIpc) is 2.77. The van der Waals surface area contributed by atoms with Crippen LogP contribution in [0.25, 0.3) is 0 Å². The molecule has 2 saturated heterocycles. The third-order valence-electron chi connectivity index (χ3n) is 3.38. The zero-order chi connectivity index (χ0) is 13.6. The summed E-state index contributed by atoms with van der Waals surface area (Å²) in [7, 11) is 1.77. The number of rotatable bonds is 1. The number of urea groups is 1. The van der Waals surface area contributed by atoms with Crippen molar-refractivity contribution < 1.29 is 14.4 Å². The number of hydrogen-bond acceptors (Lipinski definition) is 4. The predicted molar refractivity (Wildman–Crippen MR) is 64.2 cm³/mol. The maximum absolute atomic E-state index is 12.4. The molecule has 1 N–H and O–H groups in total. The number of piperazine rings is 1. The van der Waals surface area contributed by atoms with Crippen LogP contribution in [0.5, 0.6) is 0 Å². The minimum absolute atomic E-state index is 0.0152. The zero-order valence-electron chi connectivity index (χ0n) is 10.4. The van der Waals surface area contributed by atoms with Gasteiger partial charge in [-0.2, -0.15) is 5.10 Å². The quantitative estimate of drug-likeness (QED) is 0.709. The summed E-state index contributed by atoms with van der Waals surface area (Å²) < 4.78 is 1.60. The fourth-order valence-corrected chi connectivity index (χ4v) is 2.45. The average molecular weight is 263 g/mol. The van der Waals surface area contributed by atoms with Gasteiger partial charge in [-0.25, -0.2) is 4.79 Å². The van der Waals surface area contributed by atoms with E-state index in [1.54, 1.807) is 29.0 Å². The van der Waals surface area contributed by atoms with E-state index in [2.05, 4.69) is 10.4 Å². The van der Waals surface area contributed by atoms with Gasteiger partial charge < -0.3 is 9.80 Å². The third kappa shape index (κ3) is 1.85. The van der Waals surface area contributed by atoms with Crippen LogP contribution in [0.15, 0.2) is 12.4 Å². The highest BCUT2D eigenvalue weighted by Gasteiger charge is 2.42. The summed E-state index contributed by atoms with van der Waals surface area (Å²) in [5.41, 5.74) is 0.686. The molecule has 1 aromatic rings. The topological polar surface area (TPSA) is 87.5 Å². The van der Waals surface area contributed by atoms with Crippen LogP contribution in [0.1, 0.15) is 6.42 Å². The van der Waals surface area contributed by atoms with Crippen molar-refractivity contribution in [2.45, 2.75) is 12.5 Å². The van der Waals surface area contributed by atoms with Crippen LogP contribution < -0.4 is 10.2 Å². The van der Waals surface area contributed by atoms with E-state index in [1.165, 1.54) is 4.90 Å². The van der Waals surface area contributed by atoms with Crippen molar-refractivity contribution in [2.24, 2.45) is 7.05 Å². The van der Waals surface area contributed by atoms with E-state index in [0.29, 0.717) is 18.8 Å². The van der Waals surface area contributed by atoms with E-state index in [0.717, 1.165) is 0 Å². The third-order valence-corrected chi connectivity index (χ3v) is 3.38. The molecule has 0 aliphatic carbocycles. The molecule has 0 spiro atoms. The van der Waals surface area contributed by atoms with E-state index >= 15 is 0 Å². The summed E-state index contributed by atoms with van der Waals surface area (Å²) in [6.07, 6.45) is 3.35. The van der Waals surface area contributed by atoms with E-state index in [1.807, 2.05) is 0 Å².